The second kappa shape index (κ2) is 5.16. The molecule has 1 heterocycles. The van der Waals surface area contributed by atoms with E-state index in [1.54, 1.807) is 13.8 Å². The molecule has 1 N–H and O–H groups in total. The van der Waals surface area contributed by atoms with E-state index in [1.165, 1.54) is 14.0 Å². The fourth-order valence-corrected chi connectivity index (χ4v) is 2.04. The van der Waals surface area contributed by atoms with Gasteiger partial charge in [-0.05, 0) is 13.8 Å². The summed E-state index contributed by atoms with van der Waals surface area (Å²) in [6.45, 7) is 4.57. The van der Waals surface area contributed by atoms with Gasteiger partial charge in [0.05, 0.1) is 19.1 Å². The van der Waals surface area contributed by atoms with Crippen molar-refractivity contribution < 1.29 is 23.9 Å². The lowest BCUT2D eigenvalue weighted by Crippen LogP contribution is -2.57. The van der Waals surface area contributed by atoms with E-state index in [2.05, 4.69) is 10.1 Å². The van der Waals surface area contributed by atoms with E-state index in [9.17, 15) is 14.4 Å². The predicted molar refractivity (Wildman–Crippen MR) is 57.8 cm³/mol. The van der Waals surface area contributed by atoms with Crippen molar-refractivity contribution in [1.29, 1.82) is 0 Å². The zero-order valence-electron chi connectivity index (χ0n) is 10.4. The molecule has 6 heteroatoms. The molecule has 1 fully saturated rings. The minimum Gasteiger partial charge on any atom is -0.469 e. The standard InChI is InChI=1S/C11H17NO5/c1-5-9(12-7(3)13)8(11(15)16-4)6(2)17-10(5)14/h5-6,8-9H,1-4H3,(H,12,13). The molecule has 1 rings (SSSR count). The summed E-state index contributed by atoms with van der Waals surface area (Å²) in [5, 5.41) is 2.62. The maximum Gasteiger partial charge on any atom is 0.314 e. The Hall–Kier alpha value is -1.59. The number of cyclic esters (lactones) is 1. The normalized spacial score (nSPS) is 32.6. The maximum atomic E-state index is 11.7. The molecule has 1 amide bonds. The number of amides is 1. The average Bonchev–Trinajstić information content (AvgIpc) is 2.24. The number of hydrogen-bond donors (Lipinski definition) is 1. The SMILES string of the molecule is COC(=O)C1C(C)OC(=O)C(C)C1NC(C)=O. The summed E-state index contributed by atoms with van der Waals surface area (Å²) in [4.78, 5) is 34.3. The van der Waals surface area contributed by atoms with Crippen LogP contribution in [0.5, 0.6) is 0 Å². The van der Waals surface area contributed by atoms with Gasteiger partial charge in [0, 0.05) is 6.92 Å². The van der Waals surface area contributed by atoms with Gasteiger partial charge in [-0.2, -0.15) is 0 Å². The minimum atomic E-state index is -0.670. The summed E-state index contributed by atoms with van der Waals surface area (Å²) in [7, 11) is 1.26. The van der Waals surface area contributed by atoms with Gasteiger partial charge in [-0.25, -0.2) is 0 Å². The smallest absolute Gasteiger partial charge is 0.314 e. The summed E-state index contributed by atoms with van der Waals surface area (Å²) < 4.78 is 9.73. The van der Waals surface area contributed by atoms with Gasteiger partial charge in [0.2, 0.25) is 5.91 Å². The Labute approximate surface area is 99.6 Å². The molecule has 96 valence electrons. The first-order valence-electron chi connectivity index (χ1n) is 5.44. The van der Waals surface area contributed by atoms with Crippen LogP contribution in [0.3, 0.4) is 0 Å². The van der Waals surface area contributed by atoms with Crippen molar-refractivity contribution in [2.45, 2.75) is 32.9 Å². The van der Waals surface area contributed by atoms with Gasteiger partial charge >= 0.3 is 11.9 Å². The largest absolute Gasteiger partial charge is 0.469 e. The molecular weight excluding hydrogens is 226 g/mol. The second-order valence-electron chi connectivity index (χ2n) is 4.21. The van der Waals surface area contributed by atoms with Crippen LogP contribution >= 0.6 is 0 Å². The van der Waals surface area contributed by atoms with Crippen molar-refractivity contribution in [1.82, 2.24) is 5.32 Å². The van der Waals surface area contributed by atoms with Crippen LogP contribution in [0.2, 0.25) is 0 Å². The number of methoxy groups -OCH3 is 1. The molecule has 6 nitrogen and oxygen atoms in total. The fourth-order valence-electron chi connectivity index (χ4n) is 2.04. The third kappa shape index (κ3) is 2.75. The van der Waals surface area contributed by atoms with Crippen LogP contribution in [-0.2, 0) is 23.9 Å². The molecule has 1 aliphatic rings. The van der Waals surface area contributed by atoms with Gasteiger partial charge in [-0.1, -0.05) is 0 Å². The van der Waals surface area contributed by atoms with Crippen LogP contribution in [0.15, 0.2) is 0 Å². The molecule has 0 bridgehead atoms. The number of hydrogen-bond acceptors (Lipinski definition) is 5. The molecule has 0 saturated carbocycles. The third-order valence-corrected chi connectivity index (χ3v) is 2.95. The molecule has 1 aliphatic heterocycles. The Balaban J connectivity index is 2.98. The first-order chi connectivity index (χ1) is 7.88. The topological polar surface area (TPSA) is 81.7 Å². The Bertz CT molecular complexity index is 341. The van der Waals surface area contributed by atoms with Gasteiger partial charge in [0.1, 0.15) is 12.0 Å². The van der Waals surface area contributed by atoms with Gasteiger partial charge in [0.15, 0.2) is 0 Å². The molecule has 0 aromatic carbocycles. The van der Waals surface area contributed by atoms with E-state index >= 15 is 0 Å². The molecule has 0 aromatic rings. The molecule has 0 aromatic heterocycles. The minimum absolute atomic E-state index is 0.294. The fraction of sp³-hybridized carbons (Fsp3) is 0.727. The van der Waals surface area contributed by atoms with Crippen molar-refractivity contribution in [3.05, 3.63) is 0 Å². The highest BCUT2D eigenvalue weighted by molar-refractivity contribution is 5.83. The van der Waals surface area contributed by atoms with Gasteiger partial charge in [-0.3, -0.25) is 14.4 Å². The molecule has 4 atom stereocenters. The summed E-state index contributed by atoms with van der Waals surface area (Å²) in [5.41, 5.74) is 0. The van der Waals surface area contributed by atoms with Crippen LogP contribution in [-0.4, -0.2) is 37.1 Å². The number of esters is 2. The number of nitrogens with one attached hydrogen (secondary N) is 1. The molecule has 0 aliphatic carbocycles. The van der Waals surface area contributed by atoms with Crippen LogP contribution in [0.1, 0.15) is 20.8 Å². The first kappa shape index (κ1) is 13.5. The zero-order chi connectivity index (χ0) is 13.2. The van der Waals surface area contributed by atoms with E-state index in [0.29, 0.717) is 0 Å². The predicted octanol–water partition coefficient (Wildman–Crippen LogP) is -0.138. The lowest BCUT2D eigenvalue weighted by molar-refractivity contribution is -0.175. The number of ether oxygens (including phenoxy) is 2. The quantitative estimate of drug-likeness (QED) is 0.683. The number of carbonyl (C=O) groups is 3. The van der Waals surface area contributed by atoms with Crippen LogP contribution < -0.4 is 5.32 Å². The van der Waals surface area contributed by atoms with Gasteiger partial charge in [0.25, 0.3) is 0 Å². The van der Waals surface area contributed by atoms with Gasteiger partial charge in [-0.15, -0.1) is 0 Å². The highest BCUT2D eigenvalue weighted by Gasteiger charge is 2.46. The van der Waals surface area contributed by atoms with Crippen LogP contribution in [0.25, 0.3) is 0 Å². The van der Waals surface area contributed by atoms with Crippen molar-refractivity contribution in [2.75, 3.05) is 7.11 Å². The summed E-state index contributed by atoms with van der Waals surface area (Å²) in [5.74, 6) is -2.44. The molecule has 1 saturated heterocycles. The zero-order valence-corrected chi connectivity index (χ0v) is 10.4. The van der Waals surface area contributed by atoms with Gasteiger partial charge < -0.3 is 14.8 Å². The molecule has 17 heavy (non-hydrogen) atoms. The highest BCUT2D eigenvalue weighted by Crippen LogP contribution is 2.27. The summed E-state index contributed by atoms with van der Waals surface area (Å²) >= 11 is 0. The van der Waals surface area contributed by atoms with Crippen LogP contribution in [0.4, 0.5) is 0 Å². The van der Waals surface area contributed by atoms with E-state index in [0.717, 1.165) is 0 Å². The summed E-state index contributed by atoms with van der Waals surface area (Å²) in [6.07, 6.45) is -0.608. The lowest BCUT2D eigenvalue weighted by Gasteiger charge is -2.37. The number of rotatable bonds is 2. The van der Waals surface area contributed by atoms with Crippen molar-refractivity contribution in [3.8, 4) is 0 Å². The lowest BCUT2D eigenvalue weighted by atomic mass is 9.83. The molecule has 4 unspecified atom stereocenters. The third-order valence-electron chi connectivity index (χ3n) is 2.95. The van der Waals surface area contributed by atoms with E-state index in [4.69, 9.17) is 4.74 Å². The number of carbonyl (C=O) groups excluding carboxylic acids is 3. The van der Waals surface area contributed by atoms with Crippen molar-refractivity contribution in [2.24, 2.45) is 11.8 Å². The Morgan fingerprint density at radius 2 is 1.94 bits per heavy atom. The molecule has 0 spiro atoms. The maximum absolute atomic E-state index is 11.7. The Kier molecular flexibility index (Phi) is 4.09. The van der Waals surface area contributed by atoms with Crippen molar-refractivity contribution in [3.63, 3.8) is 0 Å². The van der Waals surface area contributed by atoms with Crippen molar-refractivity contribution >= 4 is 17.8 Å². The van der Waals surface area contributed by atoms with E-state index in [-0.39, 0.29) is 5.91 Å². The second-order valence-corrected chi connectivity index (χ2v) is 4.21. The van der Waals surface area contributed by atoms with E-state index in [1.807, 2.05) is 0 Å². The average molecular weight is 243 g/mol. The highest BCUT2D eigenvalue weighted by atomic mass is 16.6. The first-order valence-corrected chi connectivity index (χ1v) is 5.44. The Morgan fingerprint density at radius 3 is 2.41 bits per heavy atom. The Morgan fingerprint density at radius 1 is 1.35 bits per heavy atom. The van der Waals surface area contributed by atoms with E-state index < -0.39 is 35.9 Å². The van der Waals surface area contributed by atoms with Crippen LogP contribution in [0, 0.1) is 11.8 Å². The molecule has 0 radical (unpaired) electrons. The molecular formula is C11H17NO5. The summed E-state index contributed by atoms with van der Waals surface area (Å²) in [6, 6.07) is -0.587. The monoisotopic (exact) mass is 243 g/mol.